The number of alkyl halides is 3. The van der Waals surface area contributed by atoms with Crippen LogP contribution in [0.4, 0.5) is 24.7 Å². The van der Waals surface area contributed by atoms with Crippen molar-refractivity contribution in [3.8, 4) is 5.75 Å². The van der Waals surface area contributed by atoms with E-state index in [-0.39, 0.29) is 23.3 Å². The van der Waals surface area contributed by atoms with Gasteiger partial charge in [-0.25, -0.2) is 4.98 Å². The molecular formula is C17H17F3N4O2. The Morgan fingerprint density at radius 3 is 2.88 bits per heavy atom. The van der Waals surface area contributed by atoms with E-state index >= 15 is 0 Å². The molecule has 9 heteroatoms. The number of piperidine rings is 1. The van der Waals surface area contributed by atoms with Gasteiger partial charge in [-0.1, -0.05) is 6.07 Å². The lowest BCUT2D eigenvalue weighted by atomic mass is 9.97. The molecule has 26 heavy (non-hydrogen) atoms. The van der Waals surface area contributed by atoms with Crippen molar-refractivity contribution < 1.29 is 22.7 Å². The Bertz CT molecular complexity index is 755. The topological polar surface area (TPSA) is 67.3 Å². The highest BCUT2D eigenvalue weighted by Gasteiger charge is 2.31. The van der Waals surface area contributed by atoms with E-state index in [1.165, 1.54) is 18.2 Å². The monoisotopic (exact) mass is 366 g/mol. The maximum Gasteiger partial charge on any atom is 0.573 e. The van der Waals surface area contributed by atoms with E-state index in [1.807, 2.05) is 4.90 Å². The van der Waals surface area contributed by atoms with Crippen LogP contribution in [0.3, 0.4) is 0 Å². The molecule has 138 valence electrons. The van der Waals surface area contributed by atoms with Gasteiger partial charge in [0.05, 0.1) is 12.1 Å². The molecule has 3 rings (SSSR count). The summed E-state index contributed by atoms with van der Waals surface area (Å²) in [6.07, 6.45) is 1.54. The number of nitrogens with zero attached hydrogens (tertiary/aromatic N) is 3. The maximum absolute atomic E-state index is 12.5. The second kappa shape index (κ2) is 7.59. The van der Waals surface area contributed by atoms with Crippen LogP contribution >= 0.6 is 0 Å². The summed E-state index contributed by atoms with van der Waals surface area (Å²) >= 11 is 0. The number of benzene rings is 1. The Morgan fingerprint density at radius 1 is 1.31 bits per heavy atom. The smallest absolute Gasteiger partial charge is 0.406 e. The average molecular weight is 366 g/mol. The fraction of sp³-hybridized carbons (Fsp3) is 0.353. The number of aromatic nitrogens is 2. The van der Waals surface area contributed by atoms with Crippen LogP contribution in [0.15, 0.2) is 42.9 Å². The zero-order chi connectivity index (χ0) is 18.6. The zero-order valence-corrected chi connectivity index (χ0v) is 13.7. The molecule has 2 aromatic rings. The molecule has 0 radical (unpaired) electrons. The third-order valence-corrected chi connectivity index (χ3v) is 4.00. The van der Waals surface area contributed by atoms with Gasteiger partial charge < -0.3 is 15.0 Å². The molecule has 2 heterocycles. The van der Waals surface area contributed by atoms with Crippen molar-refractivity contribution in [1.82, 2.24) is 9.97 Å². The molecule has 1 fully saturated rings. The predicted octanol–water partition coefficient (Wildman–Crippen LogP) is 3.23. The van der Waals surface area contributed by atoms with Gasteiger partial charge in [0.25, 0.3) is 0 Å². The first-order chi connectivity index (χ1) is 12.4. The Balaban J connectivity index is 1.63. The minimum atomic E-state index is -4.77. The van der Waals surface area contributed by atoms with Crippen molar-refractivity contribution in [2.45, 2.75) is 19.2 Å². The minimum absolute atomic E-state index is 0.247. The lowest BCUT2D eigenvalue weighted by molar-refractivity contribution is -0.274. The molecule has 1 aromatic carbocycles. The van der Waals surface area contributed by atoms with Gasteiger partial charge in [0.2, 0.25) is 5.91 Å². The Kier molecular flexibility index (Phi) is 5.24. The molecule has 0 bridgehead atoms. The quantitative estimate of drug-likeness (QED) is 0.900. The number of hydrogen-bond donors (Lipinski definition) is 1. The summed E-state index contributed by atoms with van der Waals surface area (Å²) in [5, 5.41) is 2.66. The number of hydrogen-bond acceptors (Lipinski definition) is 5. The molecule has 1 unspecified atom stereocenters. The van der Waals surface area contributed by atoms with Crippen molar-refractivity contribution in [3.63, 3.8) is 0 Å². The van der Waals surface area contributed by atoms with Crippen molar-refractivity contribution in [3.05, 3.63) is 42.9 Å². The van der Waals surface area contributed by atoms with Gasteiger partial charge in [0.15, 0.2) is 0 Å². The van der Waals surface area contributed by atoms with Crippen molar-refractivity contribution in [2.24, 2.45) is 5.92 Å². The first-order valence-corrected chi connectivity index (χ1v) is 8.08. The molecule has 1 amide bonds. The van der Waals surface area contributed by atoms with Gasteiger partial charge in [0, 0.05) is 37.2 Å². The Morgan fingerprint density at radius 2 is 2.15 bits per heavy atom. The van der Waals surface area contributed by atoms with E-state index in [1.54, 1.807) is 18.6 Å². The summed E-state index contributed by atoms with van der Waals surface area (Å²) in [7, 11) is 0. The summed E-state index contributed by atoms with van der Waals surface area (Å²) in [6.45, 7) is 1.25. The van der Waals surface area contributed by atoms with Gasteiger partial charge >= 0.3 is 6.36 Å². The van der Waals surface area contributed by atoms with Crippen LogP contribution in [-0.2, 0) is 4.79 Å². The molecule has 6 nitrogen and oxygen atoms in total. The number of carbonyl (C=O) groups is 1. The van der Waals surface area contributed by atoms with Crippen LogP contribution < -0.4 is 15.0 Å². The maximum atomic E-state index is 12.5. The van der Waals surface area contributed by atoms with Crippen LogP contribution in [0.1, 0.15) is 12.8 Å². The van der Waals surface area contributed by atoms with E-state index in [9.17, 15) is 18.0 Å². The second-order valence-corrected chi connectivity index (χ2v) is 5.91. The molecule has 1 N–H and O–H groups in total. The molecule has 1 aliphatic rings. The normalized spacial score (nSPS) is 17.7. The highest BCUT2D eigenvalue weighted by atomic mass is 19.4. The Hall–Kier alpha value is -2.84. The van der Waals surface area contributed by atoms with Gasteiger partial charge in [-0.3, -0.25) is 9.78 Å². The predicted molar refractivity (Wildman–Crippen MR) is 88.7 cm³/mol. The lowest BCUT2D eigenvalue weighted by Gasteiger charge is -2.32. The molecule has 1 saturated heterocycles. The average Bonchev–Trinajstić information content (AvgIpc) is 2.61. The van der Waals surface area contributed by atoms with Crippen molar-refractivity contribution >= 4 is 17.4 Å². The number of amides is 1. The number of halogens is 3. The minimum Gasteiger partial charge on any atom is -0.406 e. The summed E-state index contributed by atoms with van der Waals surface area (Å²) in [6, 6.07) is 5.24. The first-order valence-electron chi connectivity index (χ1n) is 8.08. The van der Waals surface area contributed by atoms with E-state index in [4.69, 9.17) is 0 Å². The van der Waals surface area contributed by atoms with Gasteiger partial charge in [0.1, 0.15) is 11.6 Å². The summed E-state index contributed by atoms with van der Waals surface area (Å²) < 4.78 is 40.8. The molecule has 0 spiro atoms. The standard InChI is InChI=1S/C17H17F3N4O2/c18-17(19,20)26-14-5-1-4-13(9-14)23-16(25)12-3-2-8-24(11-12)15-10-21-6-7-22-15/h1,4-7,9-10,12H,2-3,8,11H2,(H,23,25). The third kappa shape index (κ3) is 4.84. The van der Waals surface area contributed by atoms with Crippen LogP contribution in [-0.4, -0.2) is 35.3 Å². The fourth-order valence-electron chi connectivity index (χ4n) is 2.87. The van der Waals surface area contributed by atoms with E-state index in [0.717, 1.165) is 19.0 Å². The molecule has 1 atom stereocenters. The van der Waals surface area contributed by atoms with Gasteiger partial charge in [-0.2, -0.15) is 0 Å². The SMILES string of the molecule is O=C(Nc1cccc(OC(F)(F)F)c1)C1CCCN(c2cnccn2)C1. The number of carbonyl (C=O) groups excluding carboxylic acids is 1. The fourth-order valence-corrected chi connectivity index (χ4v) is 2.87. The van der Waals surface area contributed by atoms with E-state index in [0.29, 0.717) is 18.8 Å². The van der Waals surface area contributed by atoms with Crippen LogP contribution in [0.25, 0.3) is 0 Å². The molecule has 1 aromatic heterocycles. The lowest BCUT2D eigenvalue weighted by Crippen LogP contribution is -2.41. The zero-order valence-electron chi connectivity index (χ0n) is 13.7. The highest BCUT2D eigenvalue weighted by Crippen LogP contribution is 2.26. The van der Waals surface area contributed by atoms with E-state index < -0.39 is 6.36 Å². The molecule has 0 aliphatic carbocycles. The number of rotatable bonds is 4. The number of anilines is 2. The first kappa shape index (κ1) is 18.0. The van der Waals surface area contributed by atoms with Gasteiger partial charge in [-0.15, -0.1) is 13.2 Å². The van der Waals surface area contributed by atoms with Crippen molar-refractivity contribution in [2.75, 3.05) is 23.3 Å². The second-order valence-electron chi connectivity index (χ2n) is 5.91. The third-order valence-electron chi connectivity index (χ3n) is 4.00. The number of ether oxygens (including phenoxy) is 1. The van der Waals surface area contributed by atoms with Crippen LogP contribution in [0.2, 0.25) is 0 Å². The van der Waals surface area contributed by atoms with E-state index in [2.05, 4.69) is 20.0 Å². The highest BCUT2D eigenvalue weighted by molar-refractivity contribution is 5.93. The molecule has 1 aliphatic heterocycles. The molecular weight excluding hydrogens is 349 g/mol. The summed E-state index contributed by atoms with van der Waals surface area (Å²) in [5.41, 5.74) is 0.258. The number of nitrogens with one attached hydrogen (secondary N) is 1. The summed E-state index contributed by atoms with van der Waals surface area (Å²) in [4.78, 5) is 22.7. The van der Waals surface area contributed by atoms with Crippen LogP contribution in [0.5, 0.6) is 5.75 Å². The van der Waals surface area contributed by atoms with Crippen molar-refractivity contribution in [1.29, 1.82) is 0 Å². The van der Waals surface area contributed by atoms with Gasteiger partial charge in [-0.05, 0) is 25.0 Å². The Labute approximate surface area is 148 Å². The summed E-state index contributed by atoms with van der Waals surface area (Å²) in [5.74, 6) is -0.216. The molecule has 0 saturated carbocycles. The largest absolute Gasteiger partial charge is 0.573 e. The van der Waals surface area contributed by atoms with Crippen LogP contribution in [0, 0.1) is 5.92 Å².